The highest BCUT2D eigenvalue weighted by Gasteiger charge is 2.28. The summed E-state index contributed by atoms with van der Waals surface area (Å²) >= 11 is 1.47. The number of amides is 1. The Morgan fingerprint density at radius 2 is 2.08 bits per heavy atom. The Hall–Kier alpha value is -2.02. The average Bonchev–Trinajstić information content (AvgIpc) is 3.40. The summed E-state index contributed by atoms with van der Waals surface area (Å²) in [4.78, 5) is 14.2. The first-order valence-electron chi connectivity index (χ1n) is 8.72. The number of aryl methyl sites for hydroxylation is 1. The minimum absolute atomic E-state index is 0.0513. The molecule has 1 aromatic carbocycles. The first kappa shape index (κ1) is 17.8. The lowest BCUT2D eigenvalue weighted by atomic mass is 10.3. The van der Waals surface area contributed by atoms with Crippen molar-refractivity contribution < 1.29 is 4.79 Å². The predicted molar refractivity (Wildman–Crippen MR) is 101 cm³/mol. The van der Waals surface area contributed by atoms with E-state index in [1.165, 1.54) is 30.3 Å². The highest BCUT2D eigenvalue weighted by molar-refractivity contribution is 7.99. The molecule has 3 rings (SSSR count). The molecule has 1 fully saturated rings. The van der Waals surface area contributed by atoms with Crippen LogP contribution < -0.4 is 10.2 Å². The highest BCUT2D eigenvalue weighted by Crippen LogP contribution is 2.38. The molecule has 0 spiro atoms. The van der Waals surface area contributed by atoms with Crippen LogP contribution in [0.1, 0.15) is 31.1 Å². The maximum absolute atomic E-state index is 12.0. The van der Waals surface area contributed by atoms with Gasteiger partial charge in [-0.2, -0.15) is 0 Å². The fourth-order valence-corrected chi connectivity index (χ4v) is 3.62. The van der Waals surface area contributed by atoms with Gasteiger partial charge in [-0.05, 0) is 38.3 Å². The molecule has 1 N–H and O–H groups in total. The lowest BCUT2D eigenvalue weighted by Gasteiger charge is -2.19. The molecule has 0 radical (unpaired) electrons. The minimum atomic E-state index is 0.0513. The second kappa shape index (κ2) is 8.38. The van der Waals surface area contributed by atoms with Crippen molar-refractivity contribution in [2.75, 3.05) is 30.8 Å². The van der Waals surface area contributed by atoms with Gasteiger partial charge in [0.1, 0.15) is 5.82 Å². The van der Waals surface area contributed by atoms with Crippen molar-refractivity contribution in [1.29, 1.82) is 0 Å². The van der Waals surface area contributed by atoms with Crippen LogP contribution in [0, 0.1) is 6.92 Å². The Morgan fingerprint density at radius 1 is 1.32 bits per heavy atom. The Bertz CT molecular complexity index is 699. The number of hydrogen-bond acceptors (Lipinski definition) is 5. The van der Waals surface area contributed by atoms with Crippen LogP contribution in [0.2, 0.25) is 0 Å². The molecule has 25 heavy (non-hydrogen) atoms. The van der Waals surface area contributed by atoms with E-state index in [0.717, 1.165) is 23.9 Å². The van der Waals surface area contributed by atoms with E-state index in [0.29, 0.717) is 18.3 Å². The number of para-hydroxylation sites is 1. The van der Waals surface area contributed by atoms with Gasteiger partial charge in [-0.15, -0.1) is 10.2 Å². The van der Waals surface area contributed by atoms with Gasteiger partial charge in [0.15, 0.2) is 5.16 Å². The number of anilines is 1. The third-order valence-corrected chi connectivity index (χ3v) is 5.21. The number of thioether (sulfide) groups is 1. The van der Waals surface area contributed by atoms with Gasteiger partial charge in [0.2, 0.25) is 5.91 Å². The first-order valence-corrected chi connectivity index (χ1v) is 9.71. The summed E-state index contributed by atoms with van der Waals surface area (Å²) in [5.74, 6) is 1.38. The molecule has 0 saturated heterocycles. The molecule has 1 aromatic heterocycles. The van der Waals surface area contributed by atoms with Crippen molar-refractivity contribution in [2.24, 2.45) is 0 Å². The third-order valence-electron chi connectivity index (χ3n) is 4.27. The van der Waals surface area contributed by atoms with E-state index in [1.807, 2.05) is 25.1 Å². The van der Waals surface area contributed by atoms with Crippen molar-refractivity contribution in [1.82, 2.24) is 20.1 Å². The number of carbonyl (C=O) groups excluding carboxylic acids is 1. The van der Waals surface area contributed by atoms with Crippen LogP contribution in [0.3, 0.4) is 0 Å². The van der Waals surface area contributed by atoms with E-state index >= 15 is 0 Å². The van der Waals surface area contributed by atoms with Crippen molar-refractivity contribution in [3.8, 4) is 0 Å². The lowest BCUT2D eigenvalue weighted by molar-refractivity contribution is -0.118. The number of carbonyl (C=O) groups is 1. The molecule has 7 heteroatoms. The molecule has 2 aromatic rings. The number of benzene rings is 1. The molecular formula is C18H25N5OS. The van der Waals surface area contributed by atoms with Crippen molar-refractivity contribution in [2.45, 2.75) is 37.4 Å². The molecule has 6 nitrogen and oxygen atoms in total. The smallest absolute Gasteiger partial charge is 0.230 e. The maximum Gasteiger partial charge on any atom is 0.230 e. The van der Waals surface area contributed by atoms with E-state index < -0.39 is 0 Å². The van der Waals surface area contributed by atoms with Crippen molar-refractivity contribution in [3.63, 3.8) is 0 Å². The highest BCUT2D eigenvalue weighted by atomic mass is 32.2. The van der Waals surface area contributed by atoms with Gasteiger partial charge in [-0.25, -0.2) is 0 Å². The molecule has 0 unspecified atom stereocenters. The van der Waals surface area contributed by atoms with Gasteiger partial charge in [-0.3, -0.25) is 4.79 Å². The van der Waals surface area contributed by atoms with E-state index in [9.17, 15) is 4.79 Å². The molecule has 1 saturated carbocycles. The zero-order valence-electron chi connectivity index (χ0n) is 14.8. The minimum Gasteiger partial charge on any atom is -0.375 e. The fraction of sp³-hybridized carbons (Fsp3) is 0.500. The first-order chi connectivity index (χ1) is 12.1. The molecule has 0 aliphatic heterocycles. The lowest BCUT2D eigenvalue weighted by Crippen LogP contribution is -2.29. The second-order valence-electron chi connectivity index (χ2n) is 6.38. The Morgan fingerprint density at radius 3 is 2.80 bits per heavy atom. The summed E-state index contributed by atoms with van der Waals surface area (Å²) in [6.45, 7) is 3.57. The van der Waals surface area contributed by atoms with Crippen LogP contribution in [0.15, 0.2) is 35.5 Å². The zero-order chi connectivity index (χ0) is 17.6. The summed E-state index contributed by atoms with van der Waals surface area (Å²) in [6, 6.07) is 10.8. The van der Waals surface area contributed by atoms with Crippen LogP contribution in [-0.4, -0.2) is 46.6 Å². The molecule has 0 bridgehead atoms. The van der Waals surface area contributed by atoms with Gasteiger partial charge >= 0.3 is 0 Å². The molecule has 1 aliphatic rings. The van der Waals surface area contributed by atoms with Crippen LogP contribution in [0.4, 0.5) is 5.69 Å². The third kappa shape index (κ3) is 4.98. The number of hydrogen-bond donors (Lipinski definition) is 1. The predicted octanol–water partition coefficient (Wildman–Crippen LogP) is 2.66. The molecule has 134 valence electrons. The second-order valence-corrected chi connectivity index (χ2v) is 7.32. The van der Waals surface area contributed by atoms with E-state index in [-0.39, 0.29) is 5.91 Å². The average molecular weight is 359 g/mol. The quantitative estimate of drug-likeness (QED) is 0.551. The maximum atomic E-state index is 12.0. The molecule has 1 aliphatic carbocycles. The number of nitrogens with zero attached hydrogens (tertiary/aromatic N) is 4. The molecular weight excluding hydrogens is 334 g/mol. The van der Waals surface area contributed by atoms with Gasteiger partial charge in [0.25, 0.3) is 0 Å². The van der Waals surface area contributed by atoms with Crippen LogP contribution in [0.5, 0.6) is 0 Å². The number of aromatic nitrogens is 3. The van der Waals surface area contributed by atoms with Gasteiger partial charge in [0, 0.05) is 31.9 Å². The molecule has 0 atom stereocenters. The summed E-state index contributed by atoms with van der Waals surface area (Å²) in [7, 11) is 2.07. The molecule has 1 heterocycles. The van der Waals surface area contributed by atoms with Crippen molar-refractivity contribution >= 4 is 23.4 Å². The Balaban J connectivity index is 1.35. The van der Waals surface area contributed by atoms with Crippen LogP contribution in [0.25, 0.3) is 0 Å². The zero-order valence-corrected chi connectivity index (χ0v) is 15.6. The fourth-order valence-electron chi connectivity index (χ4n) is 2.74. The summed E-state index contributed by atoms with van der Waals surface area (Å²) < 4.78 is 2.16. The summed E-state index contributed by atoms with van der Waals surface area (Å²) in [5, 5.41) is 12.2. The topological polar surface area (TPSA) is 63.1 Å². The van der Waals surface area contributed by atoms with E-state index in [4.69, 9.17) is 0 Å². The van der Waals surface area contributed by atoms with Gasteiger partial charge in [0.05, 0.1) is 5.75 Å². The number of nitrogens with one attached hydrogen (secondary N) is 1. The monoisotopic (exact) mass is 359 g/mol. The van der Waals surface area contributed by atoms with Crippen LogP contribution in [-0.2, 0) is 4.79 Å². The van der Waals surface area contributed by atoms with E-state index in [2.05, 4.69) is 44.2 Å². The standard InChI is InChI=1S/C18H25N5OS/c1-14-20-21-18(23(14)16-9-10-16)25-13-17(24)19-11-6-12-22(2)15-7-4-3-5-8-15/h3-5,7-8,16H,6,9-13H2,1-2H3,(H,19,24). The van der Waals surface area contributed by atoms with Crippen molar-refractivity contribution in [3.05, 3.63) is 36.2 Å². The Labute approximate surface area is 153 Å². The van der Waals surface area contributed by atoms with Gasteiger partial charge in [-0.1, -0.05) is 30.0 Å². The molecule has 1 amide bonds. The largest absolute Gasteiger partial charge is 0.375 e. The summed E-state index contributed by atoms with van der Waals surface area (Å²) in [5.41, 5.74) is 1.19. The van der Waals surface area contributed by atoms with Crippen LogP contribution >= 0.6 is 11.8 Å². The normalized spacial score (nSPS) is 13.7. The number of rotatable bonds is 9. The van der Waals surface area contributed by atoms with E-state index in [1.54, 1.807) is 0 Å². The van der Waals surface area contributed by atoms with Gasteiger partial charge < -0.3 is 14.8 Å². The SMILES string of the molecule is Cc1nnc(SCC(=O)NCCCN(C)c2ccccc2)n1C1CC1. The Kier molecular flexibility index (Phi) is 5.96. The summed E-state index contributed by atoms with van der Waals surface area (Å²) in [6.07, 6.45) is 3.29.